The zero-order chi connectivity index (χ0) is 12.7. The lowest BCUT2D eigenvalue weighted by Crippen LogP contribution is -2.30. The summed E-state index contributed by atoms with van der Waals surface area (Å²) in [5.74, 6) is 2.12. The van der Waals surface area contributed by atoms with Crippen LogP contribution in [0.15, 0.2) is 12.4 Å². The van der Waals surface area contributed by atoms with Crippen LogP contribution in [-0.2, 0) is 4.79 Å². The van der Waals surface area contributed by atoms with E-state index in [1.165, 1.54) is 17.3 Å². The van der Waals surface area contributed by atoms with Crippen LogP contribution in [0.2, 0.25) is 0 Å². The molecule has 0 unspecified atom stereocenters. The third kappa shape index (κ3) is 3.99. The van der Waals surface area contributed by atoms with Crippen LogP contribution in [0.3, 0.4) is 0 Å². The zero-order valence-corrected chi connectivity index (χ0v) is 9.46. The quantitative estimate of drug-likeness (QED) is 0.719. The van der Waals surface area contributed by atoms with Crippen molar-refractivity contribution in [1.82, 2.24) is 9.97 Å². The summed E-state index contributed by atoms with van der Waals surface area (Å²) >= 11 is 0. The maximum absolute atomic E-state index is 10.7. The molecule has 0 aliphatic carbocycles. The Labute approximate surface area is 99.3 Å². The van der Waals surface area contributed by atoms with E-state index in [4.69, 9.17) is 16.3 Å². The highest BCUT2D eigenvalue weighted by Crippen LogP contribution is 2.13. The van der Waals surface area contributed by atoms with Crippen LogP contribution in [0, 0.1) is 12.3 Å². The Hall–Kier alpha value is -2.29. The number of rotatable bonds is 6. The number of carbonyl (C=O) groups is 1. The van der Waals surface area contributed by atoms with E-state index in [-0.39, 0.29) is 13.1 Å². The number of ether oxygens (including phenoxy) is 1. The number of anilines is 1. The summed E-state index contributed by atoms with van der Waals surface area (Å²) < 4.78 is 5.18. The van der Waals surface area contributed by atoms with Gasteiger partial charge in [-0.15, -0.1) is 6.42 Å². The van der Waals surface area contributed by atoms with E-state index in [0.717, 1.165) is 0 Å². The third-order valence-corrected chi connectivity index (χ3v) is 1.82. The lowest BCUT2D eigenvalue weighted by Gasteiger charge is -2.18. The first-order valence-corrected chi connectivity index (χ1v) is 5.02. The number of carboxylic acid groups (broad SMARTS) is 1. The van der Waals surface area contributed by atoms with Crippen molar-refractivity contribution in [2.24, 2.45) is 0 Å². The summed E-state index contributed by atoms with van der Waals surface area (Å²) in [5, 5.41) is 8.75. The Kier molecular flexibility index (Phi) is 4.76. The maximum atomic E-state index is 10.7. The topological polar surface area (TPSA) is 75.6 Å². The van der Waals surface area contributed by atoms with Gasteiger partial charge in [0.05, 0.1) is 25.5 Å². The van der Waals surface area contributed by atoms with Gasteiger partial charge in [-0.25, -0.2) is 0 Å². The molecule has 0 bridgehead atoms. The number of aliphatic carboxylic acids is 1. The van der Waals surface area contributed by atoms with Crippen molar-refractivity contribution < 1.29 is 14.6 Å². The highest BCUT2D eigenvalue weighted by molar-refractivity contribution is 5.73. The van der Waals surface area contributed by atoms with Gasteiger partial charge in [0.2, 0.25) is 5.88 Å². The minimum Gasteiger partial charge on any atom is -0.480 e. The third-order valence-electron chi connectivity index (χ3n) is 1.82. The molecule has 0 atom stereocenters. The van der Waals surface area contributed by atoms with Crippen molar-refractivity contribution >= 4 is 11.8 Å². The molecular weight excluding hydrogens is 222 g/mol. The SMILES string of the molecule is C#CCN(CC(=O)O)c1cncc(OCC)n1. The molecule has 6 nitrogen and oxygen atoms in total. The van der Waals surface area contributed by atoms with E-state index < -0.39 is 5.97 Å². The number of carboxylic acids is 1. The molecule has 0 aliphatic heterocycles. The number of terminal acetylenes is 1. The molecular formula is C11H13N3O3. The number of nitrogens with zero attached hydrogens (tertiary/aromatic N) is 3. The standard InChI is InChI=1S/C11H13N3O3/c1-3-5-14(8-11(15)16)9-6-12-7-10(13-9)17-4-2/h1,6-7H,4-5,8H2,2H3,(H,15,16). The van der Waals surface area contributed by atoms with Gasteiger partial charge in [-0.2, -0.15) is 4.98 Å². The number of hydrogen-bond acceptors (Lipinski definition) is 5. The fourth-order valence-electron chi connectivity index (χ4n) is 1.20. The van der Waals surface area contributed by atoms with Gasteiger partial charge in [0, 0.05) is 0 Å². The van der Waals surface area contributed by atoms with Crippen molar-refractivity contribution in [3.05, 3.63) is 12.4 Å². The van der Waals surface area contributed by atoms with Crippen molar-refractivity contribution in [3.63, 3.8) is 0 Å². The second-order valence-electron chi connectivity index (χ2n) is 3.10. The molecule has 6 heteroatoms. The molecule has 1 rings (SSSR count). The van der Waals surface area contributed by atoms with Gasteiger partial charge >= 0.3 is 5.97 Å². The molecule has 0 fully saturated rings. The molecule has 1 aromatic rings. The summed E-state index contributed by atoms with van der Waals surface area (Å²) in [7, 11) is 0. The normalized spacial score (nSPS) is 9.41. The van der Waals surface area contributed by atoms with Gasteiger partial charge in [0.1, 0.15) is 6.54 Å². The molecule has 0 aromatic carbocycles. The molecule has 1 N–H and O–H groups in total. The van der Waals surface area contributed by atoms with E-state index >= 15 is 0 Å². The predicted molar refractivity (Wildman–Crippen MR) is 61.9 cm³/mol. The van der Waals surface area contributed by atoms with Crippen LogP contribution in [0.25, 0.3) is 0 Å². The Morgan fingerprint density at radius 2 is 2.41 bits per heavy atom. The molecule has 0 saturated carbocycles. The Morgan fingerprint density at radius 3 is 3.00 bits per heavy atom. The number of hydrogen-bond donors (Lipinski definition) is 1. The average molecular weight is 235 g/mol. The summed E-state index contributed by atoms with van der Waals surface area (Å²) in [6.45, 7) is 2.21. The Bertz CT molecular complexity index is 428. The monoisotopic (exact) mass is 235 g/mol. The van der Waals surface area contributed by atoms with E-state index in [1.54, 1.807) is 0 Å². The number of aromatic nitrogens is 2. The van der Waals surface area contributed by atoms with Crippen molar-refractivity contribution in [1.29, 1.82) is 0 Å². The minimum atomic E-state index is -0.983. The Morgan fingerprint density at radius 1 is 1.65 bits per heavy atom. The van der Waals surface area contributed by atoms with Gasteiger partial charge in [-0.05, 0) is 6.92 Å². The van der Waals surface area contributed by atoms with Gasteiger partial charge in [0.15, 0.2) is 5.82 Å². The lowest BCUT2D eigenvalue weighted by atomic mass is 10.4. The molecule has 1 aromatic heterocycles. The van der Waals surface area contributed by atoms with E-state index in [0.29, 0.717) is 18.3 Å². The molecule has 0 saturated heterocycles. The largest absolute Gasteiger partial charge is 0.480 e. The highest BCUT2D eigenvalue weighted by atomic mass is 16.5. The van der Waals surface area contributed by atoms with Crippen LogP contribution in [0.4, 0.5) is 5.82 Å². The van der Waals surface area contributed by atoms with Gasteiger partial charge in [0.25, 0.3) is 0 Å². The second kappa shape index (κ2) is 6.33. The predicted octanol–water partition coefficient (Wildman–Crippen LogP) is 0.400. The first-order chi connectivity index (χ1) is 8.17. The molecule has 1 heterocycles. The van der Waals surface area contributed by atoms with Crippen LogP contribution >= 0.6 is 0 Å². The molecule has 0 amide bonds. The molecule has 17 heavy (non-hydrogen) atoms. The van der Waals surface area contributed by atoms with Crippen molar-refractivity contribution in [3.8, 4) is 18.2 Å². The average Bonchev–Trinajstić information content (AvgIpc) is 2.29. The fraction of sp³-hybridized carbons (Fsp3) is 0.364. The molecule has 90 valence electrons. The van der Waals surface area contributed by atoms with E-state index in [2.05, 4.69) is 15.9 Å². The summed E-state index contributed by atoms with van der Waals surface area (Å²) in [4.78, 5) is 20.1. The maximum Gasteiger partial charge on any atom is 0.323 e. The summed E-state index contributed by atoms with van der Waals surface area (Å²) in [6, 6.07) is 0. The van der Waals surface area contributed by atoms with Crippen LogP contribution in [0.5, 0.6) is 5.88 Å². The summed E-state index contributed by atoms with van der Waals surface area (Å²) in [6.07, 6.45) is 8.08. The molecule has 0 spiro atoms. The second-order valence-corrected chi connectivity index (χ2v) is 3.10. The first-order valence-electron chi connectivity index (χ1n) is 5.02. The van der Waals surface area contributed by atoms with Gasteiger partial charge < -0.3 is 14.7 Å². The van der Waals surface area contributed by atoms with Gasteiger partial charge in [-0.1, -0.05) is 5.92 Å². The van der Waals surface area contributed by atoms with E-state index in [9.17, 15) is 4.79 Å². The first kappa shape index (κ1) is 12.8. The molecule has 0 radical (unpaired) electrons. The highest BCUT2D eigenvalue weighted by Gasteiger charge is 2.12. The van der Waals surface area contributed by atoms with Crippen LogP contribution in [-0.4, -0.2) is 40.7 Å². The Balaban J connectivity index is 2.89. The van der Waals surface area contributed by atoms with Gasteiger partial charge in [-0.3, -0.25) is 9.78 Å². The fourth-order valence-corrected chi connectivity index (χ4v) is 1.20. The smallest absolute Gasteiger partial charge is 0.323 e. The van der Waals surface area contributed by atoms with Crippen molar-refractivity contribution in [2.75, 3.05) is 24.6 Å². The minimum absolute atomic E-state index is 0.149. The van der Waals surface area contributed by atoms with Crippen molar-refractivity contribution in [2.45, 2.75) is 6.92 Å². The van der Waals surface area contributed by atoms with E-state index in [1.807, 2.05) is 6.92 Å². The summed E-state index contributed by atoms with van der Waals surface area (Å²) in [5.41, 5.74) is 0. The van der Waals surface area contributed by atoms with Crippen LogP contribution in [0.1, 0.15) is 6.92 Å². The lowest BCUT2D eigenvalue weighted by molar-refractivity contribution is -0.135. The molecule has 0 aliphatic rings. The van der Waals surface area contributed by atoms with Crippen LogP contribution < -0.4 is 9.64 Å². The zero-order valence-electron chi connectivity index (χ0n) is 9.46.